The molecule has 0 spiro atoms. The van der Waals surface area contributed by atoms with Crippen LogP contribution >= 0.6 is 11.6 Å². The predicted octanol–water partition coefficient (Wildman–Crippen LogP) is 6.04. The Balaban J connectivity index is 1.09. The maximum absolute atomic E-state index is 13.1. The molecule has 1 saturated heterocycles. The molecule has 250 valence electrons. The highest BCUT2D eigenvalue weighted by atomic mass is 35.5. The fraction of sp³-hybridized carbons (Fsp3) is 0.548. The van der Waals surface area contributed by atoms with Crippen LogP contribution in [0.5, 0.6) is 5.88 Å². The summed E-state index contributed by atoms with van der Waals surface area (Å²) in [5, 5.41) is 7.42. The molecule has 15 heteroatoms. The molecule has 1 saturated carbocycles. The van der Waals surface area contributed by atoms with E-state index in [1.54, 1.807) is 6.07 Å². The summed E-state index contributed by atoms with van der Waals surface area (Å²) < 4.78 is 73.8. The van der Waals surface area contributed by atoms with Gasteiger partial charge in [0.1, 0.15) is 10.0 Å². The highest BCUT2D eigenvalue weighted by molar-refractivity contribution is 7.90. The van der Waals surface area contributed by atoms with Crippen molar-refractivity contribution in [3.8, 4) is 11.7 Å². The zero-order valence-corrected chi connectivity index (χ0v) is 27.3. The molecular weight excluding hydrogens is 645 g/mol. The number of amides is 1. The number of hydrogen-bond donors (Lipinski definition) is 2. The lowest BCUT2D eigenvalue weighted by molar-refractivity contribution is -0.190. The molecule has 5 rings (SSSR count). The van der Waals surface area contributed by atoms with Crippen LogP contribution in [-0.4, -0.2) is 58.9 Å². The van der Waals surface area contributed by atoms with E-state index in [0.717, 1.165) is 37.9 Å². The third kappa shape index (κ3) is 8.37. The number of halogens is 4. The van der Waals surface area contributed by atoms with Crippen LogP contribution in [-0.2, 0) is 16.4 Å². The van der Waals surface area contributed by atoms with Crippen molar-refractivity contribution in [3.63, 3.8) is 0 Å². The van der Waals surface area contributed by atoms with E-state index in [-0.39, 0.29) is 58.7 Å². The fourth-order valence-electron chi connectivity index (χ4n) is 5.77. The van der Waals surface area contributed by atoms with Crippen molar-refractivity contribution < 1.29 is 31.1 Å². The molecule has 46 heavy (non-hydrogen) atoms. The van der Waals surface area contributed by atoms with Gasteiger partial charge in [-0.25, -0.2) is 22.8 Å². The van der Waals surface area contributed by atoms with Crippen LogP contribution in [0.15, 0.2) is 47.6 Å². The molecule has 2 fully saturated rings. The second-order valence-corrected chi connectivity index (χ2v) is 14.9. The number of carbonyl (C=O) groups excluding carboxylic acids is 1. The highest BCUT2D eigenvalue weighted by Crippen LogP contribution is 2.59. The number of nitrogens with zero attached hydrogens (tertiary/aromatic N) is 4. The maximum atomic E-state index is 13.1. The number of hydrogen-bond acceptors (Lipinski definition) is 8. The van der Waals surface area contributed by atoms with Crippen LogP contribution in [0.25, 0.3) is 5.82 Å². The molecule has 2 N–H and O–H groups in total. The first kappa shape index (κ1) is 34.1. The van der Waals surface area contributed by atoms with Crippen molar-refractivity contribution in [1.29, 1.82) is 0 Å². The van der Waals surface area contributed by atoms with E-state index in [1.165, 1.54) is 54.2 Å². The molecule has 1 aliphatic carbocycles. The molecule has 1 unspecified atom stereocenters. The van der Waals surface area contributed by atoms with E-state index < -0.39 is 27.5 Å². The van der Waals surface area contributed by atoms with Gasteiger partial charge in [-0.2, -0.15) is 13.2 Å². The van der Waals surface area contributed by atoms with Gasteiger partial charge in [0.2, 0.25) is 5.88 Å². The van der Waals surface area contributed by atoms with Gasteiger partial charge in [-0.05, 0) is 95.5 Å². The Morgan fingerprint density at radius 3 is 2.57 bits per heavy atom. The smallest absolute Gasteiger partial charge is 0.394 e. The minimum Gasteiger partial charge on any atom is -0.477 e. The Labute approximate surface area is 271 Å². The summed E-state index contributed by atoms with van der Waals surface area (Å²) in [6, 6.07) is 7.22. The van der Waals surface area contributed by atoms with Gasteiger partial charge in [0.15, 0.2) is 5.82 Å². The van der Waals surface area contributed by atoms with Crippen LogP contribution in [0.3, 0.4) is 0 Å². The number of ether oxygens (including phenoxy) is 1. The molecule has 3 aromatic heterocycles. The first-order valence-corrected chi connectivity index (χ1v) is 17.2. The number of rotatable bonds is 14. The molecular formula is C31H38ClF3N6O4S. The largest absolute Gasteiger partial charge is 0.477 e. The number of carbonyl (C=O) groups is 1. The second-order valence-electron chi connectivity index (χ2n) is 12.8. The summed E-state index contributed by atoms with van der Waals surface area (Å²) in [6.07, 6.45) is 4.78. The molecule has 0 radical (unpaired) electrons. The molecule has 0 aromatic carbocycles. The van der Waals surface area contributed by atoms with Crippen molar-refractivity contribution in [3.05, 3.63) is 59.1 Å². The minimum absolute atomic E-state index is 0.0963. The number of aryl methyl sites for hydroxylation is 1. The lowest BCUT2D eigenvalue weighted by Gasteiger charge is -2.18. The van der Waals surface area contributed by atoms with Gasteiger partial charge in [-0.3, -0.25) is 9.78 Å². The predicted molar refractivity (Wildman–Crippen MR) is 165 cm³/mol. The van der Waals surface area contributed by atoms with Gasteiger partial charge >= 0.3 is 6.18 Å². The fourth-order valence-corrected chi connectivity index (χ4v) is 6.92. The normalized spacial score (nSPS) is 18.8. The zero-order chi connectivity index (χ0) is 33.2. The van der Waals surface area contributed by atoms with Gasteiger partial charge < -0.3 is 10.1 Å². The Morgan fingerprint density at radius 2 is 1.93 bits per heavy atom. The summed E-state index contributed by atoms with van der Waals surface area (Å²) in [4.78, 5) is 21.1. The van der Waals surface area contributed by atoms with Crippen LogP contribution in [0.1, 0.15) is 81.3 Å². The lowest BCUT2D eigenvalue weighted by Crippen LogP contribution is -2.31. The Hall–Kier alpha value is -3.23. The van der Waals surface area contributed by atoms with Crippen LogP contribution in [0.4, 0.5) is 13.2 Å². The number of unbranched alkanes of at least 4 members (excludes halogenated alkanes) is 2. The first-order chi connectivity index (χ1) is 21.7. The second kappa shape index (κ2) is 13.5. The van der Waals surface area contributed by atoms with Crippen molar-refractivity contribution in [2.24, 2.45) is 11.3 Å². The van der Waals surface area contributed by atoms with Gasteiger partial charge in [-0.15, -0.1) is 5.10 Å². The molecule has 4 heterocycles. The van der Waals surface area contributed by atoms with Crippen LogP contribution < -0.4 is 14.8 Å². The SMILES string of the molecule is CC1(C)CC(CCCCCc2ccc(S(=O)(=O)NC(=O)c3ccc(-n4ccc(OCCC5(C(F)(F)F)CC5)n4)nc3Cl)cn2)CN1. The van der Waals surface area contributed by atoms with E-state index in [4.69, 9.17) is 16.3 Å². The van der Waals surface area contributed by atoms with Crippen molar-refractivity contribution >= 4 is 27.5 Å². The number of alkyl halides is 3. The Morgan fingerprint density at radius 1 is 1.15 bits per heavy atom. The van der Waals surface area contributed by atoms with Gasteiger partial charge in [0, 0.05) is 29.7 Å². The Bertz CT molecular complexity index is 1640. The van der Waals surface area contributed by atoms with Crippen molar-refractivity contribution in [2.45, 2.75) is 88.2 Å². The molecule has 1 aliphatic heterocycles. The lowest BCUT2D eigenvalue weighted by atomic mass is 9.93. The molecule has 1 amide bonds. The topological polar surface area (TPSA) is 128 Å². The van der Waals surface area contributed by atoms with Gasteiger partial charge in [0.25, 0.3) is 15.9 Å². The van der Waals surface area contributed by atoms with E-state index in [1.807, 2.05) is 4.72 Å². The summed E-state index contributed by atoms with van der Waals surface area (Å²) in [6.45, 7) is 5.39. The van der Waals surface area contributed by atoms with Gasteiger partial charge in [-0.1, -0.05) is 24.4 Å². The Kier molecular flexibility index (Phi) is 10.00. The molecule has 0 bridgehead atoms. The number of nitrogens with one attached hydrogen (secondary N) is 2. The minimum atomic E-state index is -4.25. The van der Waals surface area contributed by atoms with Gasteiger partial charge in [0.05, 0.1) is 17.6 Å². The standard InChI is InChI=1S/C31H38ClF3N6O4S/c1-29(2)18-21(19-37-29)6-4-3-5-7-22-8-9-23(20-36-22)46(43,44)40-28(42)24-10-11-25(38-27(24)32)41-16-12-26(39-41)45-17-15-30(13-14-30)31(33,34)35/h8-12,16,20-21,37H,3-7,13-15,17-19H2,1-2H3,(H,40,42). The van der Waals surface area contributed by atoms with Crippen molar-refractivity contribution in [1.82, 2.24) is 29.8 Å². The number of aromatic nitrogens is 4. The maximum Gasteiger partial charge on any atom is 0.394 e. The van der Waals surface area contributed by atoms with Crippen molar-refractivity contribution in [2.75, 3.05) is 13.2 Å². The zero-order valence-electron chi connectivity index (χ0n) is 25.7. The molecule has 10 nitrogen and oxygen atoms in total. The van der Waals surface area contributed by atoms with E-state index in [9.17, 15) is 26.4 Å². The quantitative estimate of drug-likeness (QED) is 0.156. The number of pyridine rings is 2. The third-order valence-corrected chi connectivity index (χ3v) is 10.3. The van der Waals surface area contributed by atoms with Crippen LogP contribution in [0.2, 0.25) is 5.15 Å². The molecule has 2 aliphatic rings. The van der Waals surface area contributed by atoms with Crippen LogP contribution in [0, 0.1) is 11.3 Å². The first-order valence-electron chi connectivity index (χ1n) is 15.4. The average Bonchev–Trinajstić information content (AvgIpc) is 3.51. The summed E-state index contributed by atoms with van der Waals surface area (Å²) >= 11 is 6.22. The molecule has 1 atom stereocenters. The van der Waals surface area contributed by atoms with E-state index in [2.05, 4.69) is 34.2 Å². The highest BCUT2D eigenvalue weighted by Gasteiger charge is 2.62. The van der Waals surface area contributed by atoms with E-state index >= 15 is 0 Å². The summed E-state index contributed by atoms with van der Waals surface area (Å²) in [5.74, 6) is 0.0276. The monoisotopic (exact) mass is 682 g/mol. The molecule has 3 aromatic rings. The summed E-state index contributed by atoms with van der Waals surface area (Å²) in [5.41, 5.74) is -0.849. The summed E-state index contributed by atoms with van der Waals surface area (Å²) in [7, 11) is -4.23. The number of sulfonamides is 1. The third-order valence-electron chi connectivity index (χ3n) is 8.71. The average molecular weight is 683 g/mol. The van der Waals surface area contributed by atoms with E-state index in [0.29, 0.717) is 5.92 Å².